The molecule has 2 heterocycles. The van der Waals surface area contributed by atoms with Crippen LogP contribution in [0.4, 0.5) is 8.78 Å². The predicted molar refractivity (Wildman–Crippen MR) is 109 cm³/mol. The number of aromatic nitrogens is 2. The van der Waals surface area contributed by atoms with Crippen LogP contribution in [-0.2, 0) is 0 Å². The number of hydrogen-bond acceptors (Lipinski definition) is 5. The lowest BCUT2D eigenvalue weighted by Gasteiger charge is -2.33. The van der Waals surface area contributed by atoms with Gasteiger partial charge in [-0.2, -0.15) is 8.78 Å². The van der Waals surface area contributed by atoms with E-state index < -0.39 is 6.61 Å². The quantitative estimate of drug-likeness (QED) is 0.492. The number of ketones is 1. The normalized spacial score (nSPS) is 20.0. The molecule has 0 spiro atoms. The van der Waals surface area contributed by atoms with Crippen LogP contribution in [0.3, 0.4) is 0 Å². The van der Waals surface area contributed by atoms with Gasteiger partial charge in [-0.05, 0) is 61.1 Å². The monoisotopic (exact) mass is 418 g/mol. The molecular weight excluding hydrogens is 390 g/mol. The number of ether oxygens (including phenoxy) is 2. The maximum atomic E-state index is 12.7. The Labute approximate surface area is 175 Å². The first kappa shape index (κ1) is 22.1. The molecule has 0 amide bonds. The molecule has 30 heavy (non-hydrogen) atoms. The fourth-order valence-corrected chi connectivity index (χ4v) is 4.42. The molecule has 0 bridgehead atoms. The molecule has 0 unspecified atom stereocenters. The summed E-state index contributed by atoms with van der Waals surface area (Å²) in [7, 11) is 1.55. The highest BCUT2D eigenvalue weighted by Crippen LogP contribution is 2.41. The molecule has 162 valence electrons. The van der Waals surface area contributed by atoms with E-state index in [1.807, 2.05) is 6.07 Å². The minimum absolute atomic E-state index is 0.0326. The van der Waals surface area contributed by atoms with Gasteiger partial charge in [0, 0.05) is 36.5 Å². The van der Waals surface area contributed by atoms with E-state index in [0.29, 0.717) is 35.6 Å². The second-order valence-corrected chi connectivity index (χ2v) is 7.80. The number of methoxy groups -OCH3 is 1. The standard InChI is InChI=1S/C23H28F2N2O3/c1-3-15(12-20(28)19-8-9-21(29-2)27-14-19)16-4-6-17(7-5-16)18-10-11-26-22(13-18)30-23(24)25/h8-11,13-17,23H,3-7,12H2,1-2H3/t15-,16?,17?/m1/s1. The van der Waals surface area contributed by atoms with Gasteiger partial charge in [-0.3, -0.25) is 4.79 Å². The van der Waals surface area contributed by atoms with Crippen molar-refractivity contribution in [3.05, 3.63) is 47.8 Å². The summed E-state index contributed by atoms with van der Waals surface area (Å²) in [6.45, 7) is -0.736. The van der Waals surface area contributed by atoms with Crippen LogP contribution >= 0.6 is 0 Å². The Morgan fingerprint density at radius 1 is 1.13 bits per heavy atom. The zero-order chi connectivity index (χ0) is 21.5. The molecule has 0 saturated heterocycles. The minimum Gasteiger partial charge on any atom is -0.481 e. The summed E-state index contributed by atoms with van der Waals surface area (Å²) in [6, 6.07) is 6.97. The number of rotatable bonds is 9. The van der Waals surface area contributed by atoms with E-state index in [0.717, 1.165) is 37.7 Å². The van der Waals surface area contributed by atoms with Crippen LogP contribution in [0.5, 0.6) is 11.8 Å². The number of carbonyl (C=O) groups excluding carboxylic acids is 1. The Morgan fingerprint density at radius 2 is 1.90 bits per heavy atom. The lowest BCUT2D eigenvalue weighted by Crippen LogP contribution is -2.23. The van der Waals surface area contributed by atoms with Crippen LogP contribution < -0.4 is 9.47 Å². The van der Waals surface area contributed by atoms with E-state index in [1.165, 1.54) is 6.20 Å². The average Bonchev–Trinajstić information content (AvgIpc) is 2.77. The topological polar surface area (TPSA) is 61.3 Å². The maximum Gasteiger partial charge on any atom is 0.388 e. The molecule has 1 saturated carbocycles. The predicted octanol–water partition coefficient (Wildman–Crippen LogP) is 5.66. The Morgan fingerprint density at radius 3 is 2.50 bits per heavy atom. The lowest BCUT2D eigenvalue weighted by atomic mass is 9.72. The Bertz CT molecular complexity index is 821. The fourth-order valence-electron chi connectivity index (χ4n) is 4.42. The molecule has 1 fully saturated rings. The van der Waals surface area contributed by atoms with Gasteiger partial charge in [-0.15, -0.1) is 0 Å². The molecule has 1 aliphatic rings. The van der Waals surface area contributed by atoms with Gasteiger partial charge in [0.15, 0.2) is 5.78 Å². The molecule has 0 radical (unpaired) electrons. The third-order valence-corrected chi connectivity index (χ3v) is 6.12. The van der Waals surface area contributed by atoms with Crippen molar-refractivity contribution in [2.75, 3.05) is 7.11 Å². The number of pyridine rings is 2. The second-order valence-electron chi connectivity index (χ2n) is 7.80. The fraction of sp³-hybridized carbons (Fsp3) is 0.522. The molecule has 5 nitrogen and oxygen atoms in total. The first-order valence-corrected chi connectivity index (χ1v) is 10.4. The molecule has 7 heteroatoms. The van der Waals surface area contributed by atoms with Gasteiger partial charge in [-0.1, -0.05) is 13.3 Å². The summed E-state index contributed by atoms with van der Waals surface area (Å²) in [6.07, 6.45) is 8.54. The van der Waals surface area contributed by atoms with Gasteiger partial charge < -0.3 is 9.47 Å². The van der Waals surface area contributed by atoms with Crippen LogP contribution in [0, 0.1) is 11.8 Å². The van der Waals surface area contributed by atoms with Gasteiger partial charge in [0.25, 0.3) is 0 Å². The first-order valence-electron chi connectivity index (χ1n) is 10.4. The van der Waals surface area contributed by atoms with Crippen LogP contribution in [0.15, 0.2) is 36.7 Å². The number of Topliss-reactive ketones (excluding diaryl/α,β-unsaturated/α-hetero) is 1. The third-order valence-electron chi connectivity index (χ3n) is 6.12. The van der Waals surface area contributed by atoms with Crippen molar-refractivity contribution in [1.82, 2.24) is 9.97 Å². The Hall–Kier alpha value is -2.57. The average molecular weight is 418 g/mol. The summed E-state index contributed by atoms with van der Waals surface area (Å²) in [4.78, 5) is 20.7. The zero-order valence-corrected chi connectivity index (χ0v) is 17.4. The SMILES string of the molecule is CC[C@H](CC(=O)c1ccc(OC)nc1)C1CCC(c2ccnc(OC(F)F)c2)CC1. The number of hydrogen-bond donors (Lipinski definition) is 0. The molecule has 1 atom stereocenters. The zero-order valence-electron chi connectivity index (χ0n) is 17.4. The summed E-state index contributed by atoms with van der Waals surface area (Å²) >= 11 is 0. The molecule has 1 aliphatic carbocycles. The molecular formula is C23H28F2N2O3. The second kappa shape index (κ2) is 10.5. The van der Waals surface area contributed by atoms with Gasteiger partial charge in [0.05, 0.1) is 7.11 Å². The lowest BCUT2D eigenvalue weighted by molar-refractivity contribution is -0.0529. The number of alkyl halides is 2. The largest absolute Gasteiger partial charge is 0.481 e. The summed E-state index contributed by atoms with van der Waals surface area (Å²) in [5, 5.41) is 0. The van der Waals surface area contributed by atoms with E-state index in [4.69, 9.17) is 4.74 Å². The summed E-state index contributed by atoms with van der Waals surface area (Å²) in [5.41, 5.74) is 1.61. The van der Waals surface area contributed by atoms with Crippen molar-refractivity contribution in [3.8, 4) is 11.8 Å². The van der Waals surface area contributed by atoms with Crippen molar-refractivity contribution < 1.29 is 23.0 Å². The van der Waals surface area contributed by atoms with Crippen molar-refractivity contribution in [2.24, 2.45) is 11.8 Å². The van der Waals surface area contributed by atoms with Crippen LogP contribution in [0.2, 0.25) is 0 Å². The van der Waals surface area contributed by atoms with E-state index in [1.54, 1.807) is 31.5 Å². The molecule has 0 aromatic carbocycles. The van der Waals surface area contributed by atoms with E-state index in [9.17, 15) is 13.6 Å². The first-order chi connectivity index (χ1) is 14.5. The van der Waals surface area contributed by atoms with Gasteiger partial charge in [0.1, 0.15) is 0 Å². The van der Waals surface area contributed by atoms with Crippen molar-refractivity contribution >= 4 is 5.78 Å². The Kier molecular flexibility index (Phi) is 7.71. The highest BCUT2D eigenvalue weighted by Gasteiger charge is 2.29. The van der Waals surface area contributed by atoms with Gasteiger partial charge in [-0.25, -0.2) is 9.97 Å². The summed E-state index contributed by atoms with van der Waals surface area (Å²) in [5.74, 6) is 1.70. The summed E-state index contributed by atoms with van der Waals surface area (Å²) < 4.78 is 34.4. The molecule has 0 aliphatic heterocycles. The maximum absolute atomic E-state index is 12.7. The van der Waals surface area contributed by atoms with Gasteiger partial charge >= 0.3 is 6.61 Å². The van der Waals surface area contributed by atoms with Gasteiger partial charge in [0.2, 0.25) is 11.8 Å². The smallest absolute Gasteiger partial charge is 0.388 e. The van der Waals surface area contributed by atoms with Crippen molar-refractivity contribution in [2.45, 2.75) is 58.0 Å². The molecule has 0 N–H and O–H groups in total. The molecule has 3 rings (SSSR count). The van der Waals surface area contributed by atoms with Crippen LogP contribution in [-0.4, -0.2) is 29.5 Å². The molecule has 2 aromatic heterocycles. The Balaban J connectivity index is 1.56. The van der Waals surface area contributed by atoms with Crippen molar-refractivity contribution in [1.29, 1.82) is 0 Å². The third kappa shape index (κ3) is 5.74. The highest BCUT2D eigenvalue weighted by atomic mass is 19.3. The minimum atomic E-state index is -2.87. The van der Waals surface area contributed by atoms with E-state index in [2.05, 4.69) is 21.6 Å². The van der Waals surface area contributed by atoms with E-state index in [-0.39, 0.29) is 11.7 Å². The number of carbonyl (C=O) groups is 1. The molecule has 2 aromatic rings. The van der Waals surface area contributed by atoms with E-state index >= 15 is 0 Å². The highest BCUT2D eigenvalue weighted by molar-refractivity contribution is 5.95. The van der Waals surface area contributed by atoms with Crippen molar-refractivity contribution in [3.63, 3.8) is 0 Å². The number of halogens is 2. The van der Waals surface area contributed by atoms with Crippen LogP contribution in [0.25, 0.3) is 0 Å². The van der Waals surface area contributed by atoms with Crippen LogP contribution in [0.1, 0.15) is 67.3 Å². The number of nitrogens with zero attached hydrogens (tertiary/aromatic N) is 2.